The topological polar surface area (TPSA) is 121 Å². The Balaban J connectivity index is 4.07. The van der Waals surface area contributed by atoms with Gasteiger partial charge in [-0.3, -0.25) is 4.79 Å². The third-order valence-electron chi connectivity index (χ3n) is 0.878. The van der Waals surface area contributed by atoms with Gasteiger partial charge >= 0.3 is 11.9 Å². The first-order valence-electron chi connectivity index (χ1n) is 2.36. The summed E-state index contributed by atoms with van der Waals surface area (Å²) in [4.78, 5) is 19.7. The zero-order valence-corrected chi connectivity index (χ0v) is 4.89. The van der Waals surface area contributed by atoms with Gasteiger partial charge in [0, 0.05) is 0 Å². The van der Waals surface area contributed by atoms with Gasteiger partial charge in [0.05, 0.1) is 0 Å². The molecule has 0 spiro atoms. The van der Waals surface area contributed by atoms with E-state index in [1.54, 1.807) is 0 Å². The number of carbonyl (C=O) groups is 2. The van der Waals surface area contributed by atoms with Gasteiger partial charge in [0.1, 0.15) is 6.04 Å². The molecule has 0 rings (SSSR count). The highest BCUT2D eigenvalue weighted by Gasteiger charge is 2.27. The van der Waals surface area contributed by atoms with Crippen LogP contribution >= 0.6 is 0 Å². The van der Waals surface area contributed by atoms with Crippen molar-refractivity contribution >= 4 is 11.9 Å². The quantitative estimate of drug-likeness (QED) is 0.363. The Morgan fingerprint density at radius 1 is 1.20 bits per heavy atom. The Bertz CT molecular complexity index is 138. The number of carboxylic acid groups (broad SMARTS) is 2. The highest BCUT2D eigenvalue weighted by Crippen LogP contribution is 1.89. The summed E-state index contributed by atoms with van der Waals surface area (Å²) in [5.74, 6) is -3.19. The lowest BCUT2D eigenvalue weighted by molar-refractivity contribution is -0.154. The molecule has 0 aromatic carbocycles. The molecule has 0 aromatic heterocycles. The second-order valence-electron chi connectivity index (χ2n) is 1.65. The molecule has 1 unspecified atom stereocenters. The van der Waals surface area contributed by atoms with E-state index in [4.69, 9.17) is 21.1 Å². The van der Waals surface area contributed by atoms with Crippen LogP contribution in [0.15, 0.2) is 0 Å². The fraction of sp³-hybridized carbons (Fsp3) is 0.500. The Kier molecular flexibility index (Phi) is 2.78. The van der Waals surface area contributed by atoms with Crippen LogP contribution in [0, 0.1) is 0 Å². The van der Waals surface area contributed by atoms with Crippen LogP contribution in [0.3, 0.4) is 0 Å². The van der Waals surface area contributed by atoms with E-state index in [0.717, 1.165) is 0 Å². The first-order chi connectivity index (χ1) is 4.46. The molecule has 0 aliphatic heterocycles. The van der Waals surface area contributed by atoms with Crippen LogP contribution in [0.2, 0.25) is 0 Å². The fourth-order valence-corrected chi connectivity index (χ4v) is 0.289. The number of nitrogens with two attached hydrogens (primary N) is 1. The second-order valence-corrected chi connectivity index (χ2v) is 1.65. The smallest absolute Gasteiger partial charge is 0.334 e. The molecule has 0 bridgehead atoms. The number of aliphatic hydroxyl groups excluding tert-OH is 1. The summed E-state index contributed by atoms with van der Waals surface area (Å²) in [7, 11) is 0. The van der Waals surface area contributed by atoms with Crippen molar-refractivity contribution in [3.63, 3.8) is 0 Å². The van der Waals surface area contributed by atoms with Crippen molar-refractivity contribution < 1.29 is 24.9 Å². The average molecular weight is 149 g/mol. The monoisotopic (exact) mass is 149 g/mol. The lowest BCUT2D eigenvalue weighted by Gasteiger charge is -2.08. The van der Waals surface area contributed by atoms with E-state index in [-0.39, 0.29) is 0 Å². The van der Waals surface area contributed by atoms with Crippen LogP contribution in [-0.2, 0) is 9.59 Å². The predicted molar refractivity (Wildman–Crippen MR) is 29.3 cm³/mol. The van der Waals surface area contributed by atoms with Crippen molar-refractivity contribution in [2.45, 2.75) is 12.1 Å². The molecule has 0 saturated heterocycles. The van der Waals surface area contributed by atoms with Crippen LogP contribution < -0.4 is 5.73 Å². The van der Waals surface area contributed by atoms with Crippen LogP contribution in [-0.4, -0.2) is 39.4 Å². The lowest BCUT2D eigenvalue weighted by Crippen LogP contribution is -2.46. The zero-order valence-electron chi connectivity index (χ0n) is 4.89. The molecule has 0 heterocycles. The molecule has 0 aliphatic rings. The van der Waals surface area contributed by atoms with E-state index in [0.29, 0.717) is 0 Å². The minimum atomic E-state index is -2.04. The Hall–Kier alpha value is -1.14. The predicted octanol–water partition coefficient (Wildman–Crippen LogP) is -2.16. The van der Waals surface area contributed by atoms with Crippen molar-refractivity contribution in [3.8, 4) is 0 Å². The van der Waals surface area contributed by atoms with E-state index in [9.17, 15) is 9.59 Å². The molecular formula is C4H7NO5. The average Bonchev–Trinajstić information content (AvgIpc) is 1.84. The number of carboxylic acids is 2. The number of rotatable bonds is 3. The standard InChI is InChI=1S/C4H7NO5/c5-1(3(7)8)2(6)4(9)10/h1-2,6H,5H2,(H,7,8)(H,9,10)/t1?,2-/m1/s1. The molecule has 58 valence electrons. The molecule has 6 nitrogen and oxygen atoms in total. The largest absolute Gasteiger partial charge is 0.480 e. The minimum Gasteiger partial charge on any atom is -0.480 e. The van der Waals surface area contributed by atoms with Crippen molar-refractivity contribution in [1.29, 1.82) is 0 Å². The highest BCUT2D eigenvalue weighted by atomic mass is 16.4. The molecule has 0 aliphatic carbocycles. The molecule has 0 radical (unpaired) electrons. The van der Waals surface area contributed by atoms with Crippen LogP contribution in [0.5, 0.6) is 0 Å². The molecule has 0 fully saturated rings. The van der Waals surface area contributed by atoms with Gasteiger partial charge in [0.2, 0.25) is 0 Å². The van der Waals surface area contributed by atoms with Gasteiger partial charge in [-0.2, -0.15) is 0 Å². The maximum Gasteiger partial charge on any atom is 0.334 e. The third kappa shape index (κ3) is 2.00. The van der Waals surface area contributed by atoms with Gasteiger partial charge in [0.25, 0.3) is 0 Å². The van der Waals surface area contributed by atoms with Crippen molar-refractivity contribution in [3.05, 3.63) is 0 Å². The van der Waals surface area contributed by atoms with E-state index in [1.807, 2.05) is 0 Å². The Morgan fingerprint density at radius 2 is 1.60 bits per heavy atom. The van der Waals surface area contributed by atoms with Gasteiger partial charge in [-0.15, -0.1) is 0 Å². The van der Waals surface area contributed by atoms with E-state index in [1.165, 1.54) is 0 Å². The highest BCUT2D eigenvalue weighted by molar-refractivity contribution is 5.83. The maximum absolute atomic E-state index is 9.90. The Morgan fingerprint density at radius 3 is 1.70 bits per heavy atom. The molecule has 0 amide bonds. The van der Waals surface area contributed by atoms with Gasteiger partial charge in [-0.25, -0.2) is 4.79 Å². The normalized spacial score (nSPS) is 15.8. The zero-order chi connectivity index (χ0) is 8.31. The van der Waals surface area contributed by atoms with Gasteiger partial charge in [0.15, 0.2) is 6.10 Å². The molecule has 6 heteroatoms. The SMILES string of the molecule is NC(C(=O)O)[C@@H](O)C(=O)O. The fourth-order valence-electron chi connectivity index (χ4n) is 0.289. The minimum absolute atomic E-state index is 1.55. The molecule has 10 heavy (non-hydrogen) atoms. The summed E-state index contributed by atoms with van der Waals surface area (Å²) in [5.41, 5.74) is 4.73. The number of hydrogen-bond donors (Lipinski definition) is 4. The van der Waals surface area contributed by atoms with Crippen molar-refractivity contribution in [2.75, 3.05) is 0 Å². The maximum atomic E-state index is 9.90. The molecule has 5 N–H and O–H groups in total. The summed E-state index contributed by atoms with van der Waals surface area (Å²) >= 11 is 0. The first kappa shape index (κ1) is 8.86. The second kappa shape index (κ2) is 3.14. The third-order valence-corrected chi connectivity index (χ3v) is 0.878. The van der Waals surface area contributed by atoms with Crippen LogP contribution in [0.4, 0.5) is 0 Å². The van der Waals surface area contributed by atoms with Crippen molar-refractivity contribution in [2.24, 2.45) is 5.73 Å². The van der Waals surface area contributed by atoms with Crippen LogP contribution in [0.1, 0.15) is 0 Å². The summed E-state index contributed by atoms with van der Waals surface area (Å²) in [6, 6.07) is -1.77. The van der Waals surface area contributed by atoms with Gasteiger partial charge in [-0.1, -0.05) is 0 Å². The molecule has 2 atom stereocenters. The number of aliphatic hydroxyl groups is 1. The first-order valence-corrected chi connectivity index (χ1v) is 2.36. The summed E-state index contributed by atoms with van der Waals surface area (Å²) < 4.78 is 0. The molecule has 0 aromatic rings. The molecular weight excluding hydrogens is 142 g/mol. The Labute approximate surface area is 55.9 Å². The van der Waals surface area contributed by atoms with Gasteiger partial charge in [-0.05, 0) is 0 Å². The van der Waals surface area contributed by atoms with Crippen LogP contribution in [0.25, 0.3) is 0 Å². The van der Waals surface area contributed by atoms with E-state index in [2.05, 4.69) is 0 Å². The number of aliphatic carboxylic acids is 2. The summed E-state index contributed by atoms with van der Waals surface area (Å²) in [5, 5.41) is 24.5. The van der Waals surface area contributed by atoms with E-state index >= 15 is 0 Å². The van der Waals surface area contributed by atoms with Gasteiger partial charge < -0.3 is 21.1 Å². The summed E-state index contributed by atoms with van der Waals surface area (Å²) in [6.07, 6.45) is -2.04. The number of hydrogen-bond acceptors (Lipinski definition) is 4. The summed E-state index contributed by atoms with van der Waals surface area (Å²) in [6.45, 7) is 0. The van der Waals surface area contributed by atoms with E-state index < -0.39 is 24.1 Å². The lowest BCUT2D eigenvalue weighted by atomic mass is 10.2. The van der Waals surface area contributed by atoms with Crippen molar-refractivity contribution in [1.82, 2.24) is 0 Å². The molecule has 0 saturated carbocycles.